The van der Waals surface area contributed by atoms with Crippen LogP contribution in [0, 0.1) is 0 Å². The fourth-order valence-corrected chi connectivity index (χ4v) is 10.7. The van der Waals surface area contributed by atoms with Gasteiger partial charge in [-0.2, -0.15) is 0 Å². The second-order valence-corrected chi connectivity index (χ2v) is 17.6. The first-order chi connectivity index (χ1) is 32.2. The van der Waals surface area contributed by atoms with Gasteiger partial charge < -0.3 is 0 Å². The molecule has 0 unspecified atom stereocenters. The van der Waals surface area contributed by atoms with Crippen molar-refractivity contribution in [3.63, 3.8) is 0 Å². The number of thiophene rings is 1. The molecule has 0 aliphatic rings. The van der Waals surface area contributed by atoms with Crippen LogP contribution in [-0.2, 0) is 0 Å². The lowest BCUT2D eigenvalue weighted by atomic mass is 9.93. The molecule has 65 heavy (non-hydrogen) atoms. The summed E-state index contributed by atoms with van der Waals surface area (Å²) in [6, 6.07) is 77.4. The van der Waals surface area contributed by atoms with E-state index in [1.54, 1.807) is 0 Å². The Labute approximate surface area is 378 Å². The molecule has 4 nitrogen and oxygen atoms in total. The van der Waals surface area contributed by atoms with Gasteiger partial charge in [0, 0.05) is 58.6 Å². The minimum absolute atomic E-state index is 0.613. The number of fused-ring (bicyclic) bond motifs is 10. The molecule has 0 aliphatic carbocycles. The van der Waals surface area contributed by atoms with Gasteiger partial charge in [0.1, 0.15) is 0 Å². The summed E-state index contributed by atoms with van der Waals surface area (Å²) in [4.78, 5) is 21.0. The van der Waals surface area contributed by atoms with E-state index in [9.17, 15) is 0 Å². The van der Waals surface area contributed by atoms with Crippen LogP contribution in [0.2, 0.25) is 0 Å². The summed E-state index contributed by atoms with van der Waals surface area (Å²) in [5.74, 6) is 1.87. The van der Waals surface area contributed by atoms with Gasteiger partial charge in [-0.25, -0.2) is 19.9 Å². The average Bonchev–Trinajstić information content (AvgIpc) is 3.77. The standard InChI is InChI=1S/C60H36N4S/c1-3-14-37(15-4-1)46-22-9-10-23-48(46)60-63-58(39-17-5-2-6-18-39)62-59(64-60)44-20-13-19-40(34-44)41-28-31-49-52(36-41)61-57(43-29-30-47-42(35-43)27-26-38-16-7-8-21-45(38)47)51-32-33-54-56(55(49)51)50-24-11-12-25-53(50)65-54/h1-36H. The maximum absolute atomic E-state index is 5.57. The Morgan fingerprint density at radius 1 is 0.277 bits per heavy atom. The summed E-state index contributed by atoms with van der Waals surface area (Å²) in [7, 11) is 0. The zero-order chi connectivity index (χ0) is 42.8. The first-order valence-corrected chi connectivity index (χ1v) is 22.7. The van der Waals surface area contributed by atoms with E-state index in [2.05, 4.69) is 188 Å². The Morgan fingerprint density at radius 2 is 0.877 bits per heavy atom. The SMILES string of the molecule is c1ccc(-c2nc(-c3cccc(-c4ccc5c(c4)nc(-c4ccc6c(ccc7ccccc76)c4)c4ccc6sc7ccccc7c6c45)c3)nc(-c3ccccc3-c3ccccc3)n2)cc1. The van der Waals surface area contributed by atoms with Gasteiger partial charge >= 0.3 is 0 Å². The van der Waals surface area contributed by atoms with Gasteiger partial charge in [-0.1, -0.05) is 188 Å². The van der Waals surface area contributed by atoms with Crippen LogP contribution in [-0.4, -0.2) is 19.9 Å². The van der Waals surface area contributed by atoms with Crippen LogP contribution < -0.4 is 0 Å². The van der Waals surface area contributed by atoms with Crippen LogP contribution in [0.15, 0.2) is 218 Å². The molecule has 0 radical (unpaired) electrons. The molecule has 0 fully saturated rings. The molecule has 0 aliphatic heterocycles. The van der Waals surface area contributed by atoms with Gasteiger partial charge in [-0.3, -0.25) is 0 Å². The van der Waals surface area contributed by atoms with E-state index < -0.39 is 0 Å². The normalized spacial score (nSPS) is 11.7. The lowest BCUT2D eigenvalue weighted by Crippen LogP contribution is -2.01. The highest BCUT2D eigenvalue weighted by molar-refractivity contribution is 7.26. The van der Waals surface area contributed by atoms with E-state index in [0.29, 0.717) is 17.5 Å². The molecular weight excluding hydrogens is 809 g/mol. The summed E-state index contributed by atoms with van der Waals surface area (Å²) in [5.41, 5.74) is 10.1. The lowest BCUT2D eigenvalue weighted by molar-refractivity contribution is 1.07. The molecule has 5 heteroatoms. The zero-order valence-electron chi connectivity index (χ0n) is 35.0. The highest BCUT2D eigenvalue weighted by Crippen LogP contribution is 2.45. The largest absolute Gasteiger partial charge is 0.247 e. The van der Waals surface area contributed by atoms with Crippen molar-refractivity contribution >= 4 is 74.7 Å². The number of pyridine rings is 1. The molecule has 0 amide bonds. The first-order valence-electron chi connectivity index (χ1n) is 21.9. The molecule has 0 saturated heterocycles. The van der Waals surface area contributed by atoms with Crippen LogP contribution in [0.4, 0.5) is 0 Å². The average molecular weight is 845 g/mol. The monoisotopic (exact) mass is 844 g/mol. The van der Waals surface area contributed by atoms with Gasteiger partial charge in [0.05, 0.1) is 11.2 Å². The number of hydrogen-bond acceptors (Lipinski definition) is 5. The summed E-state index contributed by atoms with van der Waals surface area (Å²) < 4.78 is 2.56. The first kappa shape index (κ1) is 37.2. The zero-order valence-corrected chi connectivity index (χ0v) is 35.8. The molecular formula is C60H36N4S. The molecule has 0 N–H and O–H groups in total. The van der Waals surface area contributed by atoms with Crippen molar-refractivity contribution in [2.45, 2.75) is 0 Å². The maximum Gasteiger partial charge on any atom is 0.164 e. The predicted molar refractivity (Wildman–Crippen MR) is 273 cm³/mol. The Balaban J connectivity index is 0.993. The number of rotatable bonds is 6. The molecule has 13 aromatic rings. The lowest BCUT2D eigenvalue weighted by Gasteiger charge is -2.14. The smallest absolute Gasteiger partial charge is 0.164 e. The number of aromatic nitrogens is 4. The third kappa shape index (κ3) is 6.36. The molecule has 0 atom stereocenters. The van der Waals surface area contributed by atoms with Crippen molar-refractivity contribution in [1.82, 2.24) is 19.9 Å². The molecule has 0 bridgehead atoms. The third-order valence-electron chi connectivity index (χ3n) is 12.7. The minimum Gasteiger partial charge on any atom is -0.247 e. The predicted octanol–water partition coefficient (Wildman–Crippen LogP) is 16.2. The second-order valence-electron chi connectivity index (χ2n) is 16.5. The van der Waals surface area contributed by atoms with Crippen LogP contribution >= 0.6 is 11.3 Å². The Hall–Kier alpha value is -8.38. The molecule has 3 heterocycles. The highest BCUT2D eigenvalue weighted by Gasteiger charge is 2.19. The number of hydrogen-bond donors (Lipinski definition) is 0. The highest BCUT2D eigenvalue weighted by atomic mass is 32.1. The molecule has 0 saturated carbocycles. The van der Waals surface area contributed by atoms with Crippen molar-refractivity contribution in [1.29, 1.82) is 0 Å². The van der Waals surface area contributed by atoms with Gasteiger partial charge in [-0.05, 0) is 74.1 Å². The van der Waals surface area contributed by atoms with E-state index in [-0.39, 0.29) is 0 Å². The van der Waals surface area contributed by atoms with E-state index in [1.165, 1.54) is 47.1 Å². The second kappa shape index (κ2) is 15.2. The van der Waals surface area contributed by atoms with Gasteiger partial charge in [0.2, 0.25) is 0 Å². The van der Waals surface area contributed by atoms with Crippen molar-refractivity contribution < 1.29 is 0 Å². The molecule has 3 aromatic heterocycles. The van der Waals surface area contributed by atoms with Crippen LogP contribution in [0.25, 0.3) is 131 Å². The molecule has 10 aromatic carbocycles. The summed E-state index contributed by atoms with van der Waals surface area (Å²) in [6.45, 7) is 0. The summed E-state index contributed by atoms with van der Waals surface area (Å²) in [5, 5.41) is 11.0. The van der Waals surface area contributed by atoms with Crippen molar-refractivity contribution in [3.8, 4) is 67.7 Å². The molecule has 302 valence electrons. The van der Waals surface area contributed by atoms with Gasteiger partial charge in [0.25, 0.3) is 0 Å². The maximum atomic E-state index is 5.57. The van der Waals surface area contributed by atoms with Gasteiger partial charge in [-0.15, -0.1) is 11.3 Å². The Kier molecular flexibility index (Phi) is 8.68. The topological polar surface area (TPSA) is 51.6 Å². The summed E-state index contributed by atoms with van der Waals surface area (Å²) in [6.07, 6.45) is 0. The number of benzene rings is 10. The van der Waals surface area contributed by atoms with E-state index in [4.69, 9.17) is 19.9 Å². The molecule has 13 rings (SSSR count). The minimum atomic E-state index is 0.613. The molecule has 0 spiro atoms. The van der Waals surface area contributed by atoms with E-state index in [0.717, 1.165) is 66.5 Å². The third-order valence-corrected chi connectivity index (χ3v) is 13.8. The van der Waals surface area contributed by atoms with E-state index in [1.807, 2.05) is 41.7 Å². The van der Waals surface area contributed by atoms with Crippen molar-refractivity contribution in [2.24, 2.45) is 0 Å². The van der Waals surface area contributed by atoms with Gasteiger partial charge in [0.15, 0.2) is 17.5 Å². The van der Waals surface area contributed by atoms with Crippen molar-refractivity contribution in [2.75, 3.05) is 0 Å². The van der Waals surface area contributed by atoms with Crippen molar-refractivity contribution in [3.05, 3.63) is 218 Å². The fourth-order valence-electron chi connectivity index (χ4n) is 9.60. The summed E-state index contributed by atoms with van der Waals surface area (Å²) >= 11 is 1.85. The van der Waals surface area contributed by atoms with Crippen LogP contribution in [0.5, 0.6) is 0 Å². The number of nitrogens with zero attached hydrogens (tertiary/aromatic N) is 4. The van der Waals surface area contributed by atoms with E-state index >= 15 is 0 Å². The quantitative estimate of drug-likeness (QED) is 0.156. The van der Waals surface area contributed by atoms with Crippen LogP contribution in [0.3, 0.4) is 0 Å². The Morgan fingerprint density at radius 3 is 1.74 bits per heavy atom. The van der Waals surface area contributed by atoms with Crippen LogP contribution in [0.1, 0.15) is 0 Å². The Bertz CT molecular complexity index is 4010. The fraction of sp³-hybridized carbons (Fsp3) is 0.